The summed E-state index contributed by atoms with van der Waals surface area (Å²) in [5.41, 5.74) is 2.07. The Hall–Kier alpha value is -3.02. The van der Waals surface area contributed by atoms with Crippen molar-refractivity contribution in [2.45, 2.75) is 6.92 Å². The van der Waals surface area contributed by atoms with Crippen LogP contribution in [0.4, 0.5) is 11.4 Å². The molecule has 0 radical (unpaired) electrons. The van der Waals surface area contributed by atoms with Crippen LogP contribution >= 0.6 is 0 Å². The zero-order chi connectivity index (χ0) is 16.9. The number of fused-ring (bicyclic) bond motifs is 1. The minimum absolute atomic E-state index is 0.0119. The highest BCUT2D eigenvalue weighted by atomic mass is 16.6. The molecule has 24 heavy (non-hydrogen) atoms. The Kier molecular flexibility index (Phi) is 4.65. The molecule has 6 heteroatoms. The standard InChI is InChI=1S/C18H18N2O4/c1-12(21)13-2-4-14(5-3-13)19-11-18(22)20-15-6-7-16-17(10-15)24-9-8-23-16/h2-7,10,19H,8-9,11H2,1H3,(H,20,22). The lowest BCUT2D eigenvalue weighted by atomic mass is 10.1. The summed E-state index contributed by atoms with van der Waals surface area (Å²) in [5.74, 6) is 1.15. The molecule has 0 bridgehead atoms. The van der Waals surface area contributed by atoms with Crippen molar-refractivity contribution in [1.82, 2.24) is 0 Å². The predicted octanol–water partition coefficient (Wildman–Crippen LogP) is 2.71. The van der Waals surface area contributed by atoms with Gasteiger partial charge in [-0.3, -0.25) is 9.59 Å². The Morgan fingerprint density at radius 1 is 0.958 bits per heavy atom. The molecule has 2 aromatic carbocycles. The number of hydrogen-bond acceptors (Lipinski definition) is 5. The zero-order valence-electron chi connectivity index (χ0n) is 13.3. The van der Waals surface area contributed by atoms with Crippen LogP contribution in [-0.4, -0.2) is 31.4 Å². The predicted molar refractivity (Wildman–Crippen MR) is 91.0 cm³/mol. The van der Waals surface area contributed by atoms with Crippen LogP contribution in [0.25, 0.3) is 0 Å². The van der Waals surface area contributed by atoms with Crippen molar-refractivity contribution in [3.63, 3.8) is 0 Å². The average Bonchev–Trinajstić information content (AvgIpc) is 2.60. The fourth-order valence-corrected chi connectivity index (χ4v) is 2.33. The third-order valence-electron chi connectivity index (χ3n) is 3.57. The highest BCUT2D eigenvalue weighted by Crippen LogP contribution is 2.32. The summed E-state index contributed by atoms with van der Waals surface area (Å²) in [6.45, 7) is 2.67. The Labute approximate surface area is 139 Å². The molecule has 0 aliphatic carbocycles. The largest absolute Gasteiger partial charge is 0.486 e. The summed E-state index contributed by atoms with van der Waals surface area (Å²) in [4.78, 5) is 23.3. The molecule has 1 aliphatic rings. The highest BCUT2D eigenvalue weighted by molar-refractivity contribution is 5.95. The molecule has 0 spiro atoms. The molecule has 1 heterocycles. The lowest BCUT2D eigenvalue weighted by Gasteiger charge is -2.19. The van der Waals surface area contributed by atoms with Gasteiger partial charge in [-0.2, -0.15) is 0 Å². The third-order valence-corrected chi connectivity index (χ3v) is 3.57. The number of ether oxygens (including phenoxy) is 2. The molecule has 2 N–H and O–H groups in total. The monoisotopic (exact) mass is 326 g/mol. The molecule has 6 nitrogen and oxygen atoms in total. The Bertz CT molecular complexity index is 756. The molecule has 2 aromatic rings. The van der Waals surface area contributed by atoms with Gasteiger partial charge in [0, 0.05) is 23.0 Å². The van der Waals surface area contributed by atoms with Crippen molar-refractivity contribution in [1.29, 1.82) is 0 Å². The van der Waals surface area contributed by atoms with E-state index in [4.69, 9.17) is 9.47 Å². The number of amides is 1. The second kappa shape index (κ2) is 7.04. The van der Waals surface area contributed by atoms with E-state index in [0.717, 1.165) is 5.69 Å². The Morgan fingerprint density at radius 2 is 1.62 bits per heavy atom. The molecular weight excluding hydrogens is 308 g/mol. The van der Waals surface area contributed by atoms with Crippen LogP contribution in [0.2, 0.25) is 0 Å². The molecule has 1 amide bonds. The van der Waals surface area contributed by atoms with E-state index < -0.39 is 0 Å². The van der Waals surface area contributed by atoms with Gasteiger partial charge >= 0.3 is 0 Å². The molecule has 3 rings (SSSR count). The normalized spacial score (nSPS) is 12.4. The topological polar surface area (TPSA) is 76.7 Å². The van der Waals surface area contributed by atoms with Gasteiger partial charge in [-0.15, -0.1) is 0 Å². The van der Waals surface area contributed by atoms with Gasteiger partial charge in [0.2, 0.25) is 5.91 Å². The van der Waals surface area contributed by atoms with Crippen molar-refractivity contribution in [3.05, 3.63) is 48.0 Å². The summed E-state index contributed by atoms with van der Waals surface area (Å²) in [5, 5.41) is 5.81. The van der Waals surface area contributed by atoms with Gasteiger partial charge in [-0.25, -0.2) is 0 Å². The molecule has 0 unspecified atom stereocenters. The van der Waals surface area contributed by atoms with Crippen LogP contribution < -0.4 is 20.1 Å². The van der Waals surface area contributed by atoms with E-state index in [0.29, 0.717) is 36.0 Å². The summed E-state index contributed by atoms with van der Waals surface area (Å²) in [6, 6.07) is 12.3. The molecule has 124 valence electrons. The van der Waals surface area contributed by atoms with Crippen molar-refractivity contribution < 1.29 is 19.1 Å². The number of ketones is 1. The van der Waals surface area contributed by atoms with E-state index in [9.17, 15) is 9.59 Å². The number of Topliss-reactive ketones (excluding diaryl/α,β-unsaturated/α-hetero) is 1. The van der Waals surface area contributed by atoms with Crippen LogP contribution in [0.5, 0.6) is 11.5 Å². The highest BCUT2D eigenvalue weighted by Gasteiger charge is 2.12. The molecule has 0 aromatic heterocycles. The second-order valence-electron chi connectivity index (χ2n) is 5.39. The van der Waals surface area contributed by atoms with Gasteiger partial charge in [0.05, 0.1) is 6.54 Å². The summed E-state index contributed by atoms with van der Waals surface area (Å²) in [7, 11) is 0. The smallest absolute Gasteiger partial charge is 0.243 e. The number of benzene rings is 2. The van der Waals surface area contributed by atoms with Crippen LogP contribution in [-0.2, 0) is 4.79 Å². The molecule has 0 fully saturated rings. The number of hydrogen-bond donors (Lipinski definition) is 2. The third kappa shape index (κ3) is 3.84. The lowest BCUT2D eigenvalue weighted by Crippen LogP contribution is -2.22. The van der Waals surface area contributed by atoms with Crippen LogP contribution in [0.15, 0.2) is 42.5 Å². The number of carbonyl (C=O) groups is 2. The van der Waals surface area contributed by atoms with E-state index in [1.807, 2.05) is 0 Å². The van der Waals surface area contributed by atoms with Gasteiger partial charge in [-0.05, 0) is 43.3 Å². The minimum Gasteiger partial charge on any atom is -0.486 e. The summed E-state index contributed by atoms with van der Waals surface area (Å²) in [6.07, 6.45) is 0. The van der Waals surface area contributed by atoms with Gasteiger partial charge in [0.15, 0.2) is 17.3 Å². The van der Waals surface area contributed by atoms with Crippen LogP contribution in [0.1, 0.15) is 17.3 Å². The zero-order valence-corrected chi connectivity index (χ0v) is 13.3. The molecule has 0 atom stereocenters. The quantitative estimate of drug-likeness (QED) is 0.826. The second-order valence-corrected chi connectivity index (χ2v) is 5.39. The van der Waals surface area contributed by atoms with E-state index in [1.54, 1.807) is 42.5 Å². The lowest BCUT2D eigenvalue weighted by molar-refractivity contribution is -0.114. The van der Waals surface area contributed by atoms with Crippen LogP contribution in [0.3, 0.4) is 0 Å². The molecular formula is C18H18N2O4. The number of nitrogens with one attached hydrogen (secondary N) is 2. The SMILES string of the molecule is CC(=O)c1ccc(NCC(=O)Nc2ccc3c(c2)OCCO3)cc1. The fraction of sp³-hybridized carbons (Fsp3) is 0.222. The van der Waals surface area contributed by atoms with Crippen molar-refractivity contribution >= 4 is 23.1 Å². The van der Waals surface area contributed by atoms with E-state index in [1.165, 1.54) is 6.92 Å². The van der Waals surface area contributed by atoms with Gasteiger partial charge in [-0.1, -0.05) is 0 Å². The van der Waals surface area contributed by atoms with Crippen molar-refractivity contribution in [2.75, 3.05) is 30.4 Å². The van der Waals surface area contributed by atoms with Crippen molar-refractivity contribution in [2.24, 2.45) is 0 Å². The van der Waals surface area contributed by atoms with E-state index in [2.05, 4.69) is 10.6 Å². The van der Waals surface area contributed by atoms with Gasteiger partial charge in [0.25, 0.3) is 0 Å². The minimum atomic E-state index is -0.178. The number of anilines is 2. The molecule has 0 saturated heterocycles. The molecule has 0 saturated carbocycles. The van der Waals surface area contributed by atoms with Gasteiger partial charge < -0.3 is 20.1 Å². The maximum Gasteiger partial charge on any atom is 0.243 e. The fourth-order valence-electron chi connectivity index (χ4n) is 2.33. The number of carbonyl (C=O) groups excluding carboxylic acids is 2. The van der Waals surface area contributed by atoms with Gasteiger partial charge in [0.1, 0.15) is 13.2 Å². The summed E-state index contributed by atoms with van der Waals surface area (Å²) < 4.78 is 10.9. The first-order valence-corrected chi connectivity index (χ1v) is 7.66. The van der Waals surface area contributed by atoms with Crippen molar-refractivity contribution in [3.8, 4) is 11.5 Å². The van der Waals surface area contributed by atoms with E-state index >= 15 is 0 Å². The average molecular weight is 326 g/mol. The summed E-state index contributed by atoms with van der Waals surface area (Å²) >= 11 is 0. The Morgan fingerprint density at radius 3 is 2.33 bits per heavy atom. The Balaban J connectivity index is 1.55. The van der Waals surface area contributed by atoms with E-state index in [-0.39, 0.29) is 18.2 Å². The maximum absolute atomic E-state index is 12.0. The maximum atomic E-state index is 12.0. The first-order valence-electron chi connectivity index (χ1n) is 7.66. The first kappa shape index (κ1) is 15.9. The number of rotatable bonds is 5. The van der Waals surface area contributed by atoms with Crippen LogP contribution in [0, 0.1) is 0 Å². The molecule has 1 aliphatic heterocycles. The first-order chi connectivity index (χ1) is 11.6.